The monoisotopic (exact) mass is 393 g/mol. The van der Waals surface area contributed by atoms with E-state index in [4.69, 9.17) is 16.2 Å². The summed E-state index contributed by atoms with van der Waals surface area (Å²) in [7, 11) is -4.10. The lowest BCUT2D eigenvalue weighted by Gasteiger charge is -2.18. The summed E-state index contributed by atoms with van der Waals surface area (Å²) in [4.78, 5) is 28.4. The Morgan fingerprint density at radius 1 is 1.35 bits per heavy atom. The number of hydrogen-bond donors (Lipinski definition) is 4. The molecule has 2 unspecified atom stereocenters. The average molecular weight is 393 g/mol. The van der Waals surface area contributed by atoms with Crippen molar-refractivity contribution in [2.75, 3.05) is 36.5 Å². The Kier molecular flexibility index (Phi) is 8.52. The molecular weight excluding hydrogens is 369 g/mol. The summed E-state index contributed by atoms with van der Waals surface area (Å²) in [5.41, 5.74) is 11.5. The molecule has 0 radical (unpaired) electrons. The molecule has 2 atom stereocenters. The Labute approximate surface area is 150 Å². The molecule has 0 bridgehead atoms. The minimum absolute atomic E-state index is 0.139. The highest BCUT2D eigenvalue weighted by atomic mass is 31.2. The fourth-order valence-corrected chi connectivity index (χ4v) is 2.23. The van der Waals surface area contributed by atoms with Crippen LogP contribution >= 0.6 is 7.60 Å². The number of ether oxygens (including phenoxy) is 3. The molecule has 1 aromatic heterocycles. The quantitative estimate of drug-likeness (QED) is 0.253. The van der Waals surface area contributed by atoms with Gasteiger partial charge in [0.1, 0.15) is 18.4 Å². The van der Waals surface area contributed by atoms with Crippen molar-refractivity contribution >= 4 is 31.1 Å². The molecule has 1 aromatic rings. The molecule has 13 heteroatoms. The minimum atomic E-state index is -4.10. The van der Waals surface area contributed by atoms with Gasteiger partial charge in [-0.3, -0.25) is 9.09 Å². The van der Waals surface area contributed by atoms with Crippen molar-refractivity contribution in [3.8, 4) is 0 Å². The SMILES string of the molecule is CC(C)OC(=O)OCOP(=O)(O)COC(C)CNc1ncnc(N)c1N. The van der Waals surface area contributed by atoms with Gasteiger partial charge in [-0.25, -0.2) is 14.8 Å². The summed E-state index contributed by atoms with van der Waals surface area (Å²) < 4.78 is 30.8. The number of hydrogen-bond acceptors (Lipinski definition) is 11. The first-order chi connectivity index (χ1) is 12.1. The third kappa shape index (κ3) is 8.30. The number of carbonyl (C=O) groups excluding carboxylic acids is 1. The number of nitrogens with zero attached hydrogens (tertiary/aromatic N) is 2. The number of rotatable bonds is 10. The zero-order valence-electron chi connectivity index (χ0n) is 14.7. The molecule has 1 rings (SSSR count). The van der Waals surface area contributed by atoms with E-state index in [1.807, 2.05) is 0 Å². The maximum atomic E-state index is 11.8. The second kappa shape index (κ2) is 10.1. The maximum absolute atomic E-state index is 11.8. The molecule has 0 amide bonds. The van der Waals surface area contributed by atoms with Gasteiger partial charge in [-0.1, -0.05) is 0 Å². The van der Waals surface area contributed by atoms with E-state index < -0.39 is 33.0 Å². The van der Waals surface area contributed by atoms with E-state index in [-0.39, 0.29) is 24.2 Å². The predicted molar refractivity (Wildman–Crippen MR) is 93.2 cm³/mol. The van der Waals surface area contributed by atoms with Gasteiger partial charge in [-0.05, 0) is 20.8 Å². The lowest BCUT2D eigenvalue weighted by Crippen LogP contribution is -2.22. The summed E-state index contributed by atoms with van der Waals surface area (Å²) in [6.07, 6.45) is -1.21. The second-order valence-electron chi connectivity index (χ2n) is 5.45. The van der Waals surface area contributed by atoms with Gasteiger partial charge in [0.05, 0.1) is 12.2 Å². The molecule has 0 aromatic carbocycles. The maximum Gasteiger partial charge on any atom is 0.510 e. The molecular formula is C13H24N5O7P. The number of aromatic nitrogens is 2. The predicted octanol–water partition coefficient (Wildman–Crippen LogP) is 1.14. The largest absolute Gasteiger partial charge is 0.510 e. The Hall–Kier alpha value is -2.14. The smallest absolute Gasteiger partial charge is 0.432 e. The van der Waals surface area contributed by atoms with Crippen LogP contribution in [-0.4, -0.2) is 52.9 Å². The topological polar surface area (TPSA) is 181 Å². The van der Waals surface area contributed by atoms with Gasteiger partial charge < -0.3 is 35.9 Å². The highest BCUT2D eigenvalue weighted by Crippen LogP contribution is 2.41. The summed E-state index contributed by atoms with van der Waals surface area (Å²) >= 11 is 0. The van der Waals surface area contributed by atoms with Crippen LogP contribution in [0.2, 0.25) is 0 Å². The highest BCUT2D eigenvalue weighted by molar-refractivity contribution is 7.52. The lowest BCUT2D eigenvalue weighted by atomic mass is 10.4. The Bertz CT molecular complexity index is 645. The molecule has 0 aliphatic rings. The molecule has 0 spiro atoms. The molecule has 1 heterocycles. The Morgan fingerprint density at radius 3 is 2.69 bits per heavy atom. The fourth-order valence-electron chi connectivity index (χ4n) is 1.49. The number of carbonyl (C=O) groups is 1. The van der Waals surface area contributed by atoms with Crippen LogP contribution in [0, 0.1) is 0 Å². The van der Waals surface area contributed by atoms with Gasteiger partial charge in [0.2, 0.25) is 6.79 Å². The molecule has 0 aliphatic carbocycles. The summed E-state index contributed by atoms with van der Waals surface area (Å²) in [6, 6.07) is 0. The Morgan fingerprint density at radius 2 is 2.04 bits per heavy atom. The first-order valence-corrected chi connectivity index (χ1v) is 9.38. The van der Waals surface area contributed by atoms with Gasteiger partial charge in [0, 0.05) is 6.54 Å². The van der Waals surface area contributed by atoms with Crippen molar-refractivity contribution in [1.29, 1.82) is 0 Å². The zero-order chi connectivity index (χ0) is 19.7. The van der Waals surface area contributed by atoms with Crippen LogP contribution in [-0.2, 0) is 23.3 Å². The molecule has 0 fully saturated rings. The highest BCUT2D eigenvalue weighted by Gasteiger charge is 2.22. The van der Waals surface area contributed by atoms with Crippen molar-refractivity contribution in [1.82, 2.24) is 9.97 Å². The van der Waals surface area contributed by atoms with Gasteiger partial charge in [-0.2, -0.15) is 0 Å². The molecule has 0 saturated carbocycles. The van der Waals surface area contributed by atoms with Crippen molar-refractivity contribution in [3.05, 3.63) is 6.33 Å². The third-order valence-electron chi connectivity index (χ3n) is 2.76. The van der Waals surface area contributed by atoms with Crippen molar-refractivity contribution in [3.63, 3.8) is 0 Å². The molecule has 148 valence electrons. The van der Waals surface area contributed by atoms with Crippen molar-refractivity contribution < 1.29 is 33.0 Å². The molecule has 6 N–H and O–H groups in total. The molecule has 0 aliphatic heterocycles. The van der Waals surface area contributed by atoms with E-state index >= 15 is 0 Å². The Balaban J connectivity index is 2.31. The van der Waals surface area contributed by atoms with Gasteiger partial charge in [0.25, 0.3) is 0 Å². The summed E-state index contributed by atoms with van der Waals surface area (Å²) in [5, 5.41) is 2.89. The summed E-state index contributed by atoms with van der Waals surface area (Å²) in [6.45, 7) is 4.42. The van der Waals surface area contributed by atoms with Gasteiger partial charge in [0.15, 0.2) is 11.6 Å². The van der Waals surface area contributed by atoms with Crippen LogP contribution in [0.5, 0.6) is 0 Å². The summed E-state index contributed by atoms with van der Waals surface area (Å²) in [5.74, 6) is 0.466. The van der Waals surface area contributed by atoms with Crippen molar-refractivity contribution in [2.24, 2.45) is 0 Å². The normalized spacial score (nSPS) is 14.5. The molecule has 12 nitrogen and oxygen atoms in total. The fraction of sp³-hybridized carbons (Fsp3) is 0.615. The van der Waals surface area contributed by atoms with E-state index in [9.17, 15) is 14.3 Å². The van der Waals surface area contributed by atoms with Crippen LogP contribution in [0.15, 0.2) is 6.33 Å². The van der Waals surface area contributed by atoms with E-state index in [0.29, 0.717) is 5.82 Å². The van der Waals surface area contributed by atoms with Crippen molar-refractivity contribution in [2.45, 2.75) is 33.0 Å². The zero-order valence-corrected chi connectivity index (χ0v) is 15.6. The third-order valence-corrected chi connectivity index (χ3v) is 3.74. The van der Waals surface area contributed by atoms with E-state index in [1.54, 1.807) is 20.8 Å². The molecule has 26 heavy (non-hydrogen) atoms. The number of nitrogen functional groups attached to an aromatic ring is 2. The number of anilines is 3. The number of nitrogens with one attached hydrogen (secondary N) is 1. The first-order valence-electron chi connectivity index (χ1n) is 7.62. The van der Waals surface area contributed by atoms with E-state index in [2.05, 4.69) is 29.3 Å². The number of nitrogens with two attached hydrogens (primary N) is 2. The minimum Gasteiger partial charge on any atom is -0.432 e. The first kappa shape index (κ1) is 21.9. The standard InChI is InChI=1S/C13H24N5O7P/c1-8(2)25-13(19)22-6-24-26(20,21)7-23-9(3)4-16-12-10(14)11(15)17-5-18-12/h5,8-9H,4,6-7,14H2,1-3H3,(H,20,21)(H3,15,16,17,18). The average Bonchev–Trinajstić information content (AvgIpc) is 2.53. The van der Waals surface area contributed by atoms with Crippen LogP contribution in [0.3, 0.4) is 0 Å². The molecule has 0 saturated heterocycles. The van der Waals surface area contributed by atoms with Gasteiger partial charge >= 0.3 is 13.8 Å². The van der Waals surface area contributed by atoms with Crippen LogP contribution < -0.4 is 16.8 Å². The second-order valence-corrected chi connectivity index (χ2v) is 7.25. The van der Waals surface area contributed by atoms with Crippen LogP contribution in [0.1, 0.15) is 20.8 Å². The van der Waals surface area contributed by atoms with Gasteiger partial charge in [-0.15, -0.1) is 0 Å². The van der Waals surface area contributed by atoms with E-state index in [0.717, 1.165) is 0 Å². The van der Waals surface area contributed by atoms with Crippen LogP contribution in [0.4, 0.5) is 22.1 Å². The lowest BCUT2D eigenvalue weighted by molar-refractivity contribution is -0.0145. The van der Waals surface area contributed by atoms with Crippen LogP contribution in [0.25, 0.3) is 0 Å². The van der Waals surface area contributed by atoms with E-state index in [1.165, 1.54) is 6.33 Å².